The van der Waals surface area contributed by atoms with Gasteiger partial charge in [0.1, 0.15) is 5.25 Å². The van der Waals surface area contributed by atoms with E-state index in [-0.39, 0.29) is 17.6 Å². The molecule has 3 aliphatic rings. The normalized spacial score (nSPS) is 40.9. The molecule has 5 atom stereocenters. The molecule has 3 rings (SSSR count). The molecule has 1 amide bonds. The fourth-order valence-electron chi connectivity index (χ4n) is 4.36. The number of carboxylic acids is 1. The summed E-state index contributed by atoms with van der Waals surface area (Å²) in [6.07, 6.45) is 4.35. The van der Waals surface area contributed by atoms with Gasteiger partial charge < -0.3 is 10.4 Å². The van der Waals surface area contributed by atoms with Crippen molar-refractivity contribution in [2.24, 2.45) is 17.8 Å². The van der Waals surface area contributed by atoms with Crippen LogP contribution in [-0.2, 0) is 19.4 Å². The van der Waals surface area contributed by atoms with Crippen LogP contribution in [-0.4, -0.2) is 42.4 Å². The van der Waals surface area contributed by atoms with Gasteiger partial charge >= 0.3 is 5.97 Å². The van der Waals surface area contributed by atoms with Gasteiger partial charge in [0.05, 0.1) is 11.7 Å². The maximum Gasteiger partial charge on any atom is 0.308 e. The van der Waals surface area contributed by atoms with E-state index >= 15 is 0 Å². The van der Waals surface area contributed by atoms with Crippen LogP contribution in [0.3, 0.4) is 0 Å². The smallest absolute Gasteiger partial charge is 0.308 e. The Labute approximate surface area is 124 Å². The molecule has 2 N–H and O–H groups in total. The van der Waals surface area contributed by atoms with Crippen LogP contribution in [0.15, 0.2) is 0 Å². The molecule has 5 unspecified atom stereocenters. The van der Waals surface area contributed by atoms with Gasteiger partial charge in [-0.05, 0) is 43.9 Å². The Morgan fingerprint density at radius 1 is 1.05 bits per heavy atom. The SMILES string of the molecule is O=C(O)C1C2CCC(C2)C1NC(=O)C1CCCCS1(=O)=O. The number of rotatable bonds is 3. The van der Waals surface area contributed by atoms with Crippen LogP contribution in [0.1, 0.15) is 38.5 Å². The summed E-state index contributed by atoms with van der Waals surface area (Å²) < 4.78 is 24.0. The van der Waals surface area contributed by atoms with E-state index in [9.17, 15) is 23.1 Å². The highest BCUT2D eigenvalue weighted by atomic mass is 32.2. The zero-order chi connectivity index (χ0) is 15.2. The number of hydrogen-bond acceptors (Lipinski definition) is 4. The second kappa shape index (κ2) is 5.26. The molecule has 2 aliphatic carbocycles. The number of sulfone groups is 1. The molecule has 6 nitrogen and oxygen atoms in total. The number of amides is 1. The van der Waals surface area contributed by atoms with Crippen LogP contribution in [0.5, 0.6) is 0 Å². The Balaban J connectivity index is 1.73. The van der Waals surface area contributed by atoms with Gasteiger partial charge in [0.15, 0.2) is 9.84 Å². The van der Waals surface area contributed by atoms with Gasteiger partial charge in [0, 0.05) is 6.04 Å². The summed E-state index contributed by atoms with van der Waals surface area (Å²) in [6, 6.07) is -0.397. The zero-order valence-corrected chi connectivity index (χ0v) is 12.6. The zero-order valence-electron chi connectivity index (χ0n) is 11.8. The van der Waals surface area contributed by atoms with Crippen molar-refractivity contribution in [3.05, 3.63) is 0 Å². The van der Waals surface area contributed by atoms with Crippen molar-refractivity contribution in [1.82, 2.24) is 5.32 Å². The van der Waals surface area contributed by atoms with Gasteiger partial charge in [-0.2, -0.15) is 0 Å². The van der Waals surface area contributed by atoms with Crippen molar-refractivity contribution in [2.45, 2.75) is 49.8 Å². The summed E-state index contributed by atoms with van der Waals surface area (Å²) >= 11 is 0. The summed E-state index contributed by atoms with van der Waals surface area (Å²) in [4.78, 5) is 23.7. The first kappa shape index (κ1) is 14.8. The maximum absolute atomic E-state index is 12.3. The van der Waals surface area contributed by atoms with Crippen LogP contribution >= 0.6 is 0 Å². The number of carbonyl (C=O) groups excluding carboxylic acids is 1. The van der Waals surface area contributed by atoms with Gasteiger partial charge in [0.25, 0.3) is 0 Å². The molecule has 118 valence electrons. The number of carbonyl (C=O) groups is 2. The minimum absolute atomic E-state index is 0.0597. The van der Waals surface area contributed by atoms with Gasteiger partial charge in [-0.25, -0.2) is 8.42 Å². The van der Waals surface area contributed by atoms with E-state index < -0.39 is 38.9 Å². The number of nitrogens with one attached hydrogen (secondary N) is 1. The average molecular weight is 315 g/mol. The van der Waals surface area contributed by atoms with Crippen LogP contribution in [0.4, 0.5) is 0 Å². The first-order chi connectivity index (χ1) is 9.90. The third-order valence-electron chi connectivity index (χ3n) is 5.38. The molecule has 2 bridgehead atoms. The minimum Gasteiger partial charge on any atom is -0.481 e. The monoisotopic (exact) mass is 315 g/mol. The molecular formula is C14H21NO5S. The second-order valence-corrected chi connectivity index (χ2v) is 8.89. The molecule has 1 saturated heterocycles. The summed E-state index contributed by atoms with van der Waals surface area (Å²) in [6.45, 7) is 0. The molecule has 2 saturated carbocycles. The molecule has 1 aliphatic heterocycles. The highest BCUT2D eigenvalue weighted by Gasteiger charge is 2.52. The number of carboxylic acid groups (broad SMARTS) is 1. The number of hydrogen-bond donors (Lipinski definition) is 2. The van der Waals surface area contributed by atoms with Crippen molar-refractivity contribution in [1.29, 1.82) is 0 Å². The lowest BCUT2D eigenvalue weighted by molar-refractivity contribution is -0.144. The largest absolute Gasteiger partial charge is 0.481 e. The molecule has 0 aromatic heterocycles. The second-order valence-electron chi connectivity index (χ2n) is 6.58. The third-order valence-corrected chi connectivity index (χ3v) is 7.56. The molecule has 0 spiro atoms. The van der Waals surface area contributed by atoms with Crippen LogP contribution in [0.2, 0.25) is 0 Å². The first-order valence-electron chi connectivity index (χ1n) is 7.65. The highest BCUT2D eigenvalue weighted by Crippen LogP contribution is 2.48. The number of fused-ring (bicyclic) bond motifs is 2. The van der Waals surface area contributed by atoms with Crippen molar-refractivity contribution in [2.75, 3.05) is 5.75 Å². The van der Waals surface area contributed by atoms with Gasteiger partial charge in [0.2, 0.25) is 5.91 Å². The maximum atomic E-state index is 12.3. The molecule has 0 aromatic rings. The lowest BCUT2D eigenvalue weighted by Gasteiger charge is -2.31. The molecule has 3 fully saturated rings. The molecule has 7 heteroatoms. The van der Waals surface area contributed by atoms with Gasteiger partial charge in [-0.15, -0.1) is 0 Å². The van der Waals surface area contributed by atoms with E-state index in [0.717, 1.165) is 25.7 Å². The van der Waals surface area contributed by atoms with Crippen molar-refractivity contribution >= 4 is 21.7 Å². The minimum atomic E-state index is -3.37. The van der Waals surface area contributed by atoms with E-state index in [1.807, 2.05) is 0 Å². The average Bonchev–Trinajstić information content (AvgIpc) is 2.98. The molecule has 0 aromatic carbocycles. The van der Waals surface area contributed by atoms with Crippen LogP contribution in [0, 0.1) is 17.8 Å². The molecular weight excluding hydrogens is 294 g/mol. The Hall–Kier alpha value is -1.11. The molecule has 0 radical (unpaired) electrons. The standard InChI is InChI=1S/C14H21NO5S/c16-13(10-3-1-2-6-21(10,19)20)15-12-9-5-4-8(7-9)11(12)14(17)18/h8-12H,1-7H2,(H,15,16)(H,17,18). The lowest BCUT2D eigenvalue weighted by atomic mass is 9.84. The topological polar surface area (TPSA) is 101 Å². The van der Waals surface area contributed by atoms with Crippen LogP contribution in [0.25, 0.3) is 0 Å². The van der Waals surface area contributed by atoms with Crippen LogP contribution < -0.4 is 5.32 Å². The van der Waals surface area contributed by atoms with E-state index in [0.29, 0.717) is 12.8 Å². The molecule has 1 heterocycles. The third kappa shape index (κ3) is 2.56. The van der Waals surface area contributed by atoms with Crippen molar-refractivity contribution in [3.8, 4) is 0 Å². The molecule has 21 heavy (non-hydrogen) atoms. The fourth-order valence-corrected chi connectivity index (χ4v) is 6.17. The predicted octanol–water partition coefficient (Wildman–Crippen LogP) is 0.569. The fraction of sp³-hybridized carbons (Fsp3) is 0.857. The summed E-state index contributed by atoms with van der Waals surface area (Å²) in [7, 11) is -3.37. The van der Waals surface area contributed by atoms with E-state index in [4.69, 9.17) is 0 Å². The Kier molecular flexibility index (Phi) is 3.71. The highest BCUT2D eigenvalue weighted by molar-refractivity contribution is 7.92. The van der Waals surface area contributed by atoms with Crippen molar-refractivity contribution < 1.29 is 23.1 Å². The summed E-state index contributed by atoms with van der Waals surface area (Å²) in [5.41, 5.74) is 0. The lowest BCUT2D eigenvalue weighted by Crippen LogP contribution is -2.52. The quantitative estimate of drug-likeness (QED) is 0.793. The van der Waals surface area contributed by atoms with Crippen molar-refractivity contribution in [3.63, 3.8) is 0 Å². The predicted molar refractivity (Wildman–Crippen MR) is 75.3 cm³/mol. The van der Waals surface area contributed by atoms with E-state index in [1.165, 1.54) is 0 Å². The Bertz CT molecular complexity index is 558. The number of aliphatic carboxylic acids is 1. The Morgan fingerprint density at radius 2 is 1.76 bits per heavy atom. The first-order valence-corrected chi connectivity index (χ1v) is 9.36. The van der Waals surface area contributed by atoms with Gasteiger partial charge in [-0.3, -0.25) is 9.59 Å². The van der Waals surface area contributed by atoms with Gasteiger partial charge in [-0.1, -0.05) is 6.42 Å². The Morgan fingerprint density at radius 3 is 2.43 bits per heavy atom. The summed E-state index contributed by atoms with van der Waals surface area (Å²) in [5.74, 6) is -1.55. The van der Waals surface area contributed by atoms with E-state index in [1.54, 1.807) is 0 Å². The summed E-state index contributed by atoms with van der Waals surface area (Å²) in [5, 5.41) is 11.1. The van der Waals surface area contributed by atoms with E-state index in [2.05, 4.69) is 5.32 Å².